The first-order valence-electron chi connectivity index (χ1n) is 5.29. The van der Waals surface area contributed by atoms with E-state index < -0.39 is 0 Å². The number of rotatable bonds is 2. The van der Waals surface area contributed by atoms with Crippen molar-refractivity contribution in [1.82, 2.24) is 0 Å². The van der Waals surface area contributed by atoms with Gasteiger partial charge in [0.1, 0.15) is 11.5 Å². The second kappa shape index (κ2) is 4.42. The van der Waals surface area contributed by atoms with Crippen molar-refractivity contribution in [3.8, 4) is 0 Å². The van der Waals surface area contributed by atoms with Crippen LogP contribution in [0.1, 0.15) is 37.9 Å². The third kappa shape index (κ3) is 2.11. The molecule has 0 saturated heterocycles. The minimum absolute atomic E-state index is 0.0515. The summed E-state index contributed by atoms with van der Waals surface area (Å²) in [6.45, 7) is 7.63. The van der Waals surface area contributed by atoms with E-state index in [1.807, 2.05) is 33.8 Å². The standard InChI is InChI=1S/C13H13BrO2S/c1-6-5-10(17-13(6)14)12(15)11-7(2)8(3)16-9(11)4/h5H,1-4H3. The summed E-state index contributed by atoms with van der Waals surface area (Å²) in [5.41, 5.74) is 2.74. The quantitative estimate of drug-likeness (QED) is 0.760. The summed E-state index contributed by atoms with van der Waals surface area (Å²) in [6, 6.07) is 1.91. The molecule has 2 nitrogen and oxygen atoms in total. The monoisotopic (exact) mass is 312 g/mol. The summed E-state index contributed by atoms with van der Waals surface area (Å²) in [5.74, 6) is 1.57. The summed E-state index contributed by atoms with van der Waals surface area (Å²) in [7, 11) is 0. The number of carbonyl (C=O) groups is 1. The predicted molar refractivity (Wildman–Crippen MR) is 73.1 cm³/mol. The second-order valence-corrected chi connectivity index (χ2v) is 6.48. The number of aryl methyl sites for hydroxylation is 3. The first-order valence-corrected chi connectivity index (χ1v) is 6.90. The molecule has 0 saturated carbocycles. The van der Waals surface area contributed by atoms with Crippen molar-refractivity contribution in [2.24, 2.45) is 0 Å². The van der Waals surface area contributed by atoms with Gasteiger partial charge in [-0.3, -0.25) is 4.79 Å². The Bertz CT molecular complexity index is 573. The summed E-state index contributed by atoms with van der Waals surface area (Å²) in [6.07, 6.45) is 0. The molecule has 2 heterocycles. The number of thiophene rings is 1. The Balaban J connectivity index is 2.50. The van der Waals surface area contributed by atoms with Crippen molar-refractivity contribution in [1.29, 1.82) is 0 Å². The van der Waals surface area contributed by atoms with E-state index >= 15 is 0 Å². The molecule has 0 aliphatic rings. The molecule has 0 spiro atoms. The average molecular weight is 313 g/mol. The van der Waals surface area contributed by atoms with Gasteiger partial charge in [-0.25, -0.2) is 0 Å². The van der Waals surface area contributed by atoms with E-state index in [1.165, 1.54) is 11.3 Å². The maximum Gasteiger partial charge on any atom is 0.206 e. The lowest BCUT2D eigenvalue weighted by atomic mass is 10.0. The van der Waals surface area contributed by atoms with Crippen LogP contribution < -0.4 is 0 Å². The Morgan fingerprint density at radius 3 is 2.29 bits per heavy atom. The summed E-state index contributed by atoms with van der Waals surface area (Å²) < 4.78 is 6.51. The van der Waals surface area contributed by atoms with Crippen LogP contribution in [-0.4, -0.2) is 5.78 Å². The summed E-state index contributed by atoms with van der Waals surface area (Å²) >= 11 is 4.91. The van der Waals surface area contributed by atoms with Crippen molar-refractivity contribution in [2.75, 3.05) is 0 Å². The van der Waals surface area contributed by atoms with Gasteiger partial charge in [0.2, 0.25) is 5.78 Å². The number of halogens is 1. The molecule has 0 atom stereocenters. The molecule has 0 unspecified atom stereocenters. The van der Waals surface area contributed by atoms with Gasteiger partial charge >= 0.3 is 0 Å². The Kier molecular flexibility index (Phi) is 3.27. The molecule has 2 aromatic rings. The van der Waals surface area contributed by atoms with Gasteiger partial charge in [0, 0.05) is 5.56 Å². The van der Waals surface area contributed by atoms with Crippen molar-refractivity contribution < 1.29 is 9.21 Å². The fourth-order valence-corrected chi connectivity index (χ4v) is 3.30. The summed E-state index contributed by atoms with van der Waals surface area (Å²) in [5, 5.41) is 0. The highest BCUT2D eigenvalue weighted by Crippen LogP contribution is 2.31. The maximum absolute atomic E-state index is 12.4. The van der Waals surface area contributed by atoms with E-state index in [1.54, 1.807) is 0 Å². The lowest BCUT2D eigenvalue weighted by Gasteiger charge is -1.97. The first kappa shape index (κ1) is 12.6. The number of carbonyl (C=O) groups excluding carboxylic acids is 1. The molecule has 0 amide bonds. The fourth-order valence-electron chi connectivity index (χ4n) is 1.82. The normalized spacial score (nSPS) is 10.9. The maximum atomic E-state index is 12.4. The van der Waals surface area contributed by atoms with Gasteiger partial charge in [0.25, 0.3) is 0 Å². The van der Waals surface area contributed by atoms with Gasteiger partial charge in [-0.2, -0.15) is 0 Å². The highest BCUT2D eigenvalue weighted by molar-refractivity contribution is 9.11. The molecule has 17 heavy (non-hydrogen) atoms. The molecule has 2 aromatic heterocycles. The minimum Gasteiger partial charge on any atom is -0.466 e. The van der Waals surface area contributed by atoms with Gasteiger partial charge in [-0.05, 0) is 55.3 Å². The van der Waals surface area contributed by atoms with E-state index in [0.717, 1.165) is 25.6 Å². The van der Waals surface area contributed by atoms with Crippen LogP contribution in [0.15, 0.2) is 14.3 Å². The van der Waals surface area contributed by atoms with Gasteiger partial charge in [-0.15, -0.1) is 11.3 Å². The molecule has 0 fully saturated rings. The van der Waals surface area contributed by atoms with E-state index in [2.05, 4.69) is 15.9 Å². The van der Waals surface area contributed by atoms with Gasteiger partial charge < -0.3 is 4.42 Å². The van der Waals surface area contributed by atoms with Crippen LogP contribution in [0.5, 0.6) is 0 Å². The second-order valence-electron chi connectivity index (χ2n) is 4.11. The lowest BCUT2D eigenvalue weighted by molar-refractivity contribution is 0.104. The molecule has 0 radical (unpaired) electrons. The largest absolute Gasteiger partial charge is 0.466 e. The van der Waals surface area contributed by atoms with Crippen LogP contribution >= 0.6 is 27.3 Å². The number of ketones is 1. The molecule has 0 aromatic carbocycles. The summed E-state index contributed by atoms with van der Waals surface area (Å²) in [4.78, 5) is 13.1. The van der Waals surface area contributed by atoms with Gasteiger partial charge in [0.15, 0.2) is 0 Å². The molecule has 0 N–H and O–H groups in total. The third-order valence-corrected chi connectivity index (χ3v) is 5.00. The zero-order valence-electron chi connectivity index (χ0n) is 10.2. The first-order chi connectivity index (χ1) is 7.91. The van der Waals surface area contributed by atoms with Crippen LogP contribution in [0.25, 0.3) is 0 Å². The molecular weight excluding hydrogens is 300 g/mol. The SMILES string of the molecule is Cc1cc(C(=O)c2c(C)oc(C)c2C)sc1Br. The zero-order chi connectivity index (χ0) is 12.7. The van der Waals surface area contributed by atoms with Crippen molar-refractivity contribution in [3.05, 3.63) is 42.9 Å². The predicted octanol–water partition coefficient (Wildman–Crippen LogP) is 4.57. The highest BCUT2D eigenvalue weighted by atomic mass is 79.9. The van der Waals surface area contributed by atoms with E-state index in [4.69, 9.17) is 4.42 Å². The van der Waals surface area contributed by atoms with E-state index in [9.17, 15) is 4.79 Å². The Morgan fingerprint density at radius 2 is 1.88 bits per heavy atom. The zero-order valence-corrected chi connectivity index (χ0v) is 12.6. The van der Waals surface area contributed by atoms with Crippen LogP contribution in [0, 0.1) is 27.7 Å². The smallest absolute Gasteiger partial charge is 0.206 e. The number of hydrogen-bond donors (Lipinski definition) is 0. The number of furan rings is 1. The Morgan fingerprint density at radius 1 is 1.24 bits per heavy atom. The Labute approximate surface area is 113 Å². The molecule has 2 rings (SSSR count). The van der Waals surface area contributed by atoms with Crippen LogP contribution in [0.2, 0.25) is 0 Å². The molecular formula is C13H13BrO2S. The lowest BCUT2D eigenvalue weighted by Crippen LogP contribution is -2.01. The van der Waals surface area contributed by atoms with E-state index in [-0.39, 0.29) is 5.78 Å². The number of hydrogen-bond acceptors (Lipinski definition) is 3. The van der Waals surface area contributed by atoms with Crippen LogP contribution in [-0.2, 0) is 0 Å². The third-order valence-electron chi connectivity index (χ3n) is 2.87. The Hall–Kier alpha value is -0.870. The fraction of sp³-hybridized carbons (Fsp3) is 0.308. The minimum atomic E-state index is 0.0515. The van der Waals surface area contributed by atoms with Crippen LogP contribution in [0.3, 0.4) is 0 Å². The van der Waals surface area contributed by atoms with Gasteiger partial charge in [-0.1, -0.05) is 0 Å². The topological polar surface area (TPSA) is 30.2 Å². The molecule has 0 aliphatic heterocycles. The molecule has 0 bridgehead atoms. The van der Waals surface area contributed by atoms with Crippen LogP contribution in [0.4, 0.5) is 0 Å². The van der Waals surface area contributed by atoms with Crippen molar-refractivity contribution in [2.45, 2.75) is 27.7 Å². The van der Waals surface area contributed by atoms with Crippen molar-refractivity contribution >= 4 is 33.0 Å². The average Bonchev–Trinajstić information content (AvgIpc) is 2.70. The molecule has 0 aliphatic carbocycles. The highest BCUT2D eigenvalue weighted by Gasteiger charge is 2.21. The van der Waals surface area contributed by atoms with Crippen molar-refractivity contribution in [3.63, 3.8) is 0 Å². The molecule has 90 valence electrons. The van der Waals surface area contributed by atoms with Gasteiger partial charge in [0.05, 0.1) is 14.2 Å². The van der Waals surface area contributed by atoms with E-state index in [0.29, 0.717) is 11.3 Å². The molecule has 4 heteroatoms.